The number of hydrogen-bond donors (Lipinski definition) is 1. The van der Waals surface area contributed by atoms with Crippen molar-refractivity contribution in [2.24, 2.45) is 0 Å². The monoisotopic (exact) mass is 243 g/mol. The van der Waals surface area contributed by atoms with Gasteiger partial charge in [0.2, 0.25) is 0 Å². The molecule has 0 saturated heterocycles. The Hall–Kier alpha value is -1.77. The minimum Gasteiger partial charge on any atom is -0.383 e. The van der Waals surface area contributed by atoms with E-state index in [0.717, 1.165) is 6.54 Å². The van der Waals surface area contributed by atoms with Crippen molar-refractivity contribution in [2.45, 2.75) is 39.3 Å². The summed E-state index contributed by atoms with van der Waals surface area (Å²) in [6.45, 7) is 5.26. The van der Waals surface area contributed by atoms with Crippen LogP contribution in [0.4, 0.5) is 5.69 Å². The molecule has 1 aromatic heterocycles. The van der Waals surface area contributed by atoms with Gasteiger partial charge in [-0.05, 0) is 37.1 Å². The molecule has 1 N–H and O–H groups in total. The maximum absolute atomic E-state index is 4.23. The summed E-state index contributed by atoms with van der Waals surface area (Å²) in [7, 11) is 0. The molecular weight excluding hydrogens is 222 g/mol. The smallest absolute Gasteiger partial charge is 0.0660 e. The number of rotatable bonds is 6. The highest BCUT2D eigenvalue weighted by Crippen LogP contribution is 2.14. The normalized spacial score (nSPS) is 12.3. The van der Waals surface area contributed by atoms with Crippen molar-refractivity contribution in [3.8, 4) is 0 Å². The minimum atomic E-state index is 0.523. The number of hydrogen-bond acceptors (Lipinski definition) is 2. The lowest BCUT2D eigenvalue weighted by atomic mass is 10.1. The van der Waals surface area contributed by atoms with Crippen LogP contribution in [0.25, 0.3) is 0 Å². The van der Waals surface area contributed by atoms with E-state index in [2.05, 4.69) is 48.5 Å². The minimum absolute atomic E-state index is 0.523. The van der Waals surface area contributed by atoms with E-state index in [1.165, 1.54) is 24.1 Å². The third-order valence-corrected chi connectivity index (χ3v) is 2.97. The van der Waals surface area contributed by atoms with Gasteiger partial charge in [0, 0.05) is 24.1 Å². The standard InChI is InChI=1S/C15H21N3/c1-3-6-13(2)17-15-8-4-7-14(11-15)12-18-10-5-9-16-18/h4-5,7-11,13,17H,3,6,12H2,1-2H3. The van der Waals surface area contributed by atoms with Gasteiger partial charge in [-0.1, -0.05) is 25.5 Å². The van der Waals surface area contributed by atoms with Crippen LogP contribution in [0.1, 0.15) is 32.3 Å². The van der Waals surface area contributed by atoms with Crippen molar-refractivity contribution in [3.05, 3.63) is 48.3 Å². The van der Waals surface area contributed by atoms with Crippen LogP contribution in [0.5, 0.6) is 0 Å². The summed E-state index contributed by atoms with van der Waals surface area (Å²) >= 11 is 0. The summed E-state index contributed by atoms with van der Waals surface area (Å²) in [5.41, 5.74) is 2.47. The fourth-order valence-electron chi connectivity index (χ4n) is 2.13. The van der Waals surface area contributed by atoms with Crippen LogP contribution in [0.3, 0.4) is 0 Å². The molecule has 2 aromatic rings. The van der Waals surface area contributed by atoms with E-state index < -0.39 is 0 Å². The molecule has 2 rings (SSSR count). The van der Waals surface area contributed by atoms with Gasteiger partial charge in [-0.15, -0.1) is 0 Å². The predicted molar refractivity (Wildman–Crippen MR) is 75.8 cm³/mol. The fraction of sp³-hybridized carbons (Fsp3) is 0.400. The summed E-state index contributed by atoms with van der Waals surface area (Å²) in [5, 5.41) is 7.76. The third-order valence-electron chi connectivity index (χ3n) is 2.97. The molecule has 3 heteroatoms. The van der Waals surface area contributed by atoms with Gasteiger partial charge in [-0.25, -0.2) is 0 Å². The first-order chi connectivity index (χ1) is 8.78. The van der Waals surface area contributed by atoms with E-state index >= 15 is 0 Å². The van der Waals surface area contributed by atoms with Crippen LogP contribution >= 0.6 is 0 Å². The predicted octanol–water partition coefficient (Wildman–Crippen LogP) is 3.53. The summed E-state index contributed by atoms with van der Waals surface area (Å²) in [6.07, 6.45) is 6.20. The zero-order valence-electron chi connectivity index (χ0n) is 11.1. The first kappa shape index (κ1) is 12.7. The molecule has 18 heavy (non-hydrogen) atoms. The molecule has 0 spiro atoms. The highest BCUT2D eigenvalue weighted by atomic mass is 15.3. The van der Waals surface area contributed by atoms with Crippen molar-refractivity contribution >= 4 is 5.69 Å². The molecule has 1 unspecified atom stereocenters. The van der Waals surface area contributed by atoms with Gasteiger partial charge in [-0.3, -0.25) is 4.68 Å². The van der Waals surface area contributed by atoms with Crippen molar-refractivity contribution in [3.63, 3.8) is 0 Å². The van der Waals surface area contributed by atoms with Crippen molar-refractivity contribution in [1.29, 1.82) is 0 Å². The fourth-order valence-corrected chi connectivity index (χ4v) is 2.13. The molecular formula is C15H21N3. The SMILES string of the molecule is CCCC(C)Nc1cccc(Cn2cccn2)c1. The zero-order valence-corrected chi connectivity index (χ0v) is 11.1. The molecule has 0 aliphatic heterocycles. The molecule has 3 nitrogen and oxygen atoms in total. The van der Waals surface area contributed by atoms with Crippen LogP contribution < -0.4 is 5.32 Å². The number of benzene rings is 1. The second-order valence-electron chi connectivity index (χ2n) is 4.74. The third kappa shape index (κ3) is 3.62. The van der Waals surface area contributed by atoms with E-state index in [-0.39, 0.29) is 0 Å². The molecule has 0 radical (unpaired) electrons. The Bertz CT molecular complexity index is 462. The summed E-state index contributed by atoms with van der Waals surface area (Å²) < 4.78 is 1.94. The van der Waals surface area contributed by atoms with Gasteiger partial charge in [0.05, 0.1) is 6.54 Å². The van der Waals surface area contributed by atoms with Crippen LogP contribution in [-0.2, 0) is 6.54 Å². The van der Waals surface area contributed by atoms with Gasteiger partial charge >= 0.3 is 0 Å². The van der Waals surface area contributed by atoms with Crippen LogP contribution in [0.2, 0.25) is 0 Å². The lowest BCUT2D eigenvalue weighted by Crippen LogP contribution is -2.14. The van der Waals surface area contributed by atoms with E-state index in [1.807, 2.05) is 23.1 Å². The van der Waals surface area contributed by atoms with E-state index in [1.54, 1.807) is 0 Å². The molecule has 0 saturated carbocycles. The summed E-state index contributed by atoms with van der Waals surface area (Å²) in [4.78, 5) is 0. The largest absolute Gasteiger partial charge is 0.383 e. The Kier molecular flexibility index (Phi) is 4.40. The quantitative estimate of drug-likeness (QED) is 0.841. The van der Waals surface area contributed by atoms with Gasteiger partial charge in [0.1, 0.15) is 0 Å². The van der Waals surface area contributed by atoms with E-state index in [4.69, 9.17) is 0 Å². The average Bonchev–Trinajstić information content (AvgIpc) is 2.82. The Morgan fingerprint density at radius 3 is 2.94 bits per heavy atom. The topological polar surface area (TPSA) is 29.9 Å². The molecule has 0 aliphatic rings. The van der Waals surface area contributed by atoms with Crippen LogP contribution in [0.15, 0.2) is 42.7 Å². The van der Waals surface area contributed by atoms with Gasteiger partial charge < -0.3 is 5.32 Å². The van der Waals surface area contributed by atoms with Crippen molar-refractivity contribution in [2.75, 3.05) is 5.32 Å². The van der Waals surface area contributed by atoms with Crippen LogP contribution in [0, 0.1) is 0 Å². The summed E-state index contributed by atoms with van der Waals surface area (Å²) in [6, 6.07) is 11.0. The maximum atomic E-state index is 4.23. The number of nitrogens with one attached hydrogen (secondary N) is 1. The zero-order chi connectivity index (χ0) is 12.8. The second kappa shape index (κ2) is 6.24. The highest BCUT2D eigenvalue weighted by Gasteiger charge is 2.02. The number of aromatic nitrogens is 2. The maximum Gasteiger partial charge on any atom is 0.0660 e. The van der Waals surface area contributed by atoms with Gasteiger partial charge in [-0.2, -0.15) is 5.10 Å². The van der Waals surface area contributed by atoms with Crippen LogP contribution in [-0.4, -0.2) is 15.8 Å². The van der Waals surface area contributed by atoms with Gasteiger partial charge in [0.25, 0.3) is 0 Å². The first-order valence-corrected chi connectivity index (χ1v) is 6.61. The van der Waals surface area contributed by atoms with E-state index in [9.17, 15) is 0 Å². The Labute approximate surface area is 109 Å². The Morgan fingerprint density at radius 1 is 1.33 bits per heavy atom. The molecule has 0 fully saturated rings. The Morgan fingerprint density at radius 2 is 2.22 bits per heavy atom. The second-order valence-corrected chi connectivity index (χ2v) is 4.74. The lowest BCUT2D eigenvalue weighted by Gasteiger charge is -2.15. The molecule has 0 aliphatic carbocycles. The molecule has 1 atom stereocenters. The Balaban J connectivity index is 2.01. The number of anilines is 1. The van der Waals surface area contributed by atoms with Gasteiger partial charge in [0.15, 0.2) is 0 Å². The van der Waals surface area contributed by atoms with Crippen molar-refractivity contribution < 1.29 is 0 Å². The highest BCUT2D eigenvalue weighted by molar-refractivity contribution is 5.46. The lowest BCUT2D eigenvalue weighted by molar-refractivity contribution is 0.683. The average molecular weight is 243 g/mol. The molecule has 1 aromatic carbocycles. The summed E-state index contributed by atoms with van der Waals surface area (Å²) in [5.74, 6) is 0. The molecule has 1 heterocycles. The molecule has 0 bridgehead atoms. The molecule has 0 amide bonds. The van der Waals surface area contributed by atoms with E-state index in [0.29, 0.717) is 6.04 Å². The molecule has 96 valence electrons. The number of nitrogens with zero attached hydrogens (tertiary/aromatic N) is 2. The first-order valence-electron chi connectivity index (χ1n) is 6.61. The van der Waals surface area contributed by atoms with Crippen molar-refractivity contribution in [1.82, 2.24) is 9.78 Å².